The summed E-state index contributed by atoms with van der Waals surface area (Å²) in [5.74, 6) is 1.56. The van der Waals surface area contributed by atoms with Crippen LogP contribution in [0.2, 0.25) is 0 Å². The zero-order valence-corrected chi connectivity index (χ0v) is 14.4. The molecule has 3 aromatic carbocycles. The molecule has 7 nitrogen and oxygen atoms in total. The quantitative estimate of drug-likeness (QED) is 0.383. The number of aliphatic imine (C=N–C) groups is 1. The molecule has 3 rings (SSSR count). The van der Waals surface area contributed by atoms with Crippen LogP contribution >= 0.6 is 0 Å². The van der Waals surface area contributed by atoms with Gasteiger partial charge in [-0.05, 0) is 42.5 Å². The molecule has 0 radical (unpaired) electrons. The van der Waals surface area contributed by atoms with Gasteiger partial charge in [0, 0.05) is 23.9 Å². The lowest BCUT2D eigenvalue weighted by Crippen LogP contribution is -1.91. The number of methoxy groups -OCH3 is 1. The number of phenols is 1. The number of phenolic OH excluding ortho intramolecular Hbond substituents is 1. The van der Waals surface area contributed by atoms with Gasteiger partial charge in [0.2, 0.25) is 5.75 Å². The van der Waals surface area contributed by atoms with Gasteiger partial charge in [0.25, 0.3) is 0 Å². The molecule has 1 N–H and O–H groups in total. The number of nitrogens with zero attached hydrogens (tertiary/aromatic N) is 2. The number of nitro benzene ring substituents is 1. The molecule has 3 aromatic rings. The second-order valence-corrected chi connectivity index (χ2v) is 5.51. The normalized spacial score (nSPS) is 10.7. The Labute approximate surface area is 155 Å². The SMILES string of the molecule is COc1cccc(Oc2ccc(N=Cc3cccc([N+](=O)[O-])c3O)cc2)c1. The molecule has 136 valence electrons. The topological polar surface area (TPSA) is 94.2 Å². The lowest BCUT2D eigenvalue weighted by atomic mass is 10.2. The molecule has 0 aliphatic rings. The lowest BCUT2D eigenvalue weighted by Gasteiger charge is -2.07. The minimum absolute atomic E-state index is 0.265. The fraction of sp³-hybridized carbons (Fsp3) is 0.0500. The van der Waals surface area contributed by atoms with Crippen molar-refractivity contribution in [2.45, 2.75) is 0 Å². The lowest BCUT2D eigenvalue weighted by molar-refractivity contribution is -0.385. The predicted octanol–water partition coefficient (Wildman–Crippen LogP) is 4.85. The van der Waals surface area contributed by atoms with Gasteiger partial charge in [0.15, 0.2) is 0 Å². The van der Waals surface area contributed by atoms with Gasteiger partial charge in [-0.15, -0.1) is 0 Å². The number of hydrogen-bond donors (Lipinski definition) is 1. The van der Waals surface area contributed by atoms with Crippen LogP contribution in [0, 0.1) is 10.1 Å². The van der Waals surface area contributed by atoms with Crippen LogP contribution < -0.4 is 9.47 Å². The van der Waals surface area contributed by atoms with Crippen LogP contribution in [0.5, 0.6) is 23.0 Å². The van der Waals surface area contributed by atoms with E-state index in [1.165, 1.54) is 18.3 Å². The number of hydrogen-bond acceptors (Lipinski definition) is 6. The minimum Gasteiger partial charge on any atom is -0.502 e. The van der Waals surface area contributed by atoms with Crippen molar-refractivity contribution in [3.63, 3.8) is 0 Å². The van der Waals surface area contributed by atoms with E-state index in [2.05, 4.69) is 4.99 Å². The van der Waals surface area contributed by atoms with Crippen LogP contribution in [0.25, 0.3) is 0 Å². The number of para-hydroxylation sites is 1. The van der Waals surface area contributed by atoms with Crippen molar-refractivity contribution in [3.8, 4) is 23.0 Å². The summed E-state index contributed by atoms with van der Waals surface area (Å²) in [6, 6.07) is 18.5. The summed E-state index contributed by atoms with van der Waals surface area (Å²) in [5, 5.41) is 20.8. The Hall–Kier alpha value is -3.87. The van der Waals surface area contributed by atoms with Crippen LogP contribution in [0.4, 0.5) is 11.4 Å². The maximum atomic E-state index is 10.9. The average molecular weight is 364 g/mol. The number of benzene rings is 3. The first-order chi connectivity index (χ1) is 13.1. The van der Waals surface area contributed by atoms with Gasteiger partial charge in [-0.2, -0.15) is 0 Å². The molecule has 0 aromatic heterocycles. The minimum atomic E-state index is -0.641. The second-order valence-electron chi connectivity index (χ2n) is 5.51. The smallest absolute Gasteiger partial charge is 0.311 e. The third-order valence-electron chi connectivity index (χ3n) is 3.71. The monoisotopic (exact) mass is 364 g/mol. The van der Waals surface area contributed by atoms with E-state index in [9.17, 15) is 15.2 Å². The van der Waals surface area contributed by atoms with Gasteiger partial charge >= 0.3 is 5.69 Å². The van der Waals surface area contributed by atoms with Crippen LogP contribution in [-0.4, -0.2) is 23.4 Å². The van der Waals surface area contributed by atoms with E-state index in [4.69, 9.17) is 9.47 Å². The summed E-state index contributed by atoms with van der Waals surface area (Å²) >= 11 is 0. The highest BCUT2D eigenvalue weighted by Crippen LogP contribution is 2.29. The molecule has 0 atom stereocenters. The Morgan fingerprint density at radius 1 is 1.00 bits per heavy atom. The van der Waals surface area contributed by atoms with Crippen molar-refractivity contribution in [1.82, 2.24) is 0 Å². The van der Waals surface area contributed by atoms with Gasteiger partial charge in [0.1, 0.15) is 17.2 Å². The number of ether oxygens (including phenoxy) is 2. The van der Waals surface area contributed by atoms with Crippen molar-refractivity contribution in [2.75, 3.05) is 7.11 Å². The molecule has 0 fully saturated rings. The second kappa shape index (κ2) is 8.01. The van der Waals surface area contributed by atoms with Crippen molar-refractivity contribution in [3.05, 3.63) is 82.4 Å². The summed E-state index contributed by atoms with van der Waals surface area (Å²) in [5.41, 5.74) is 0.515. The van der Waals surface area contributed by atoms with Gasteiger partial charge in [0.05, 0.1) is 17.7 Å². The van der Waals surface area contributed by atoms with Crippen LogP contribution in [0.15, 0.2) is 71.7 Å². The van der Waals surface area contributed by atoms with E-state index < -0.39 is 10.7 Å². The Morgan fingerprint density at radius 3 is 2.41 bits per heavy atom. The molecule has 0 saturated heterocycles. The summed E-state index contributed by atoms with van der Waals surface area (Å²) in [6.07, 6.45) is 1.38. The Balaban J connectivity index is 1.73. The number of nitro groups is 1. The zero-order valence-electron chi connectivity index (χ0n) is 14.4. The molecule has 0 spiro atoms. The summed E-state index contributed by atoms with van der Waals surface area (Å²) in [4.78, 5) is 14.4. The van der Waals surface area contributed by atoms with Crippen LogP contribution in [0.3, 0.4) is 0 Å². The summed E-state index contributed by atoms with van der Waals surface area (Å²) in [7, 11) is 1.59. The molecule has 0 heterocycles. The van der Waals surface area contributed by atoms with E-state index in [-0.39, 0.29) is 11.3 Å². The maximum absolute atomic E-state index is 10.9. The summed E-state index contributed by atoms with van der Waals surface area (Å²) < 4.78 is 10.9. The van der Waals surface area contributed by atoms with Gasteiger partial charge in [-0.1, -0.05) is 12.1 Å². The zero-order chi connectivity index (χ0) is 19.2. The number of rotatable bonds is 6. The fourth-order valence-electron chi connectivity index (χ4n) is 2.35. The van der Waals surface area contributed by atoms with Crippen LogP contribution in [-0.2, 0) is 0 Å². The van der Waals surface area contributed by atoms with E-state index in [0.717, 1.165) is 0 Å². The highest BCUT2D eigenvalue weighted by molar-refractivity contribution is 5.87. The standard InChI is InChI=1S/C20H16N2O5/c1-26-17-5-3-6-18(12-17)27-16-10-8-15(9-11-16)21-13-14-4-2-7-19(20(14)23)22(24)25/h2-13,23H,1H3. The van der Waals surface area contributed by atoms with Gasteiger partial charge in [-0.3, -0.25) is 15.1 Å². The third-order valence-corrected chi connectivity index (χ3v) is 3.71. The molecule has 7 heteroatoms. The molecule has 0 aliphatic heterocycles. The fourth-order valence-corrected chi connectivity index (χ4v) is 2.35. The molecule has 0 amide bonds. The molecule has 27 heavy (non-hydrogen) atoms. The van der Waals surface area contributed by atoms with Gasteiger partial charge in [-0.25, -0.2) is 0 Å². The molecule has 0 saturated carbocycles. The molecule has 0 unspecified atom stereocenters. The van der Waals surface area contributed by atoms with Crippen molar-refractivity contribution < 1.29 is 19.5 Å². The van der Waals surface area contributed by atoms with E-state index in [1.807, 2.05) is 18.2 Å². The van der Waals surface area contributed by atoms with Crippen molar-refractivity contribution in [1.29, 1.82) is 0 Å². The Bertz CT molecular complexity index is 984. The predicted molar refractivity (Wildman–Crippen MR) is 102 cm³/mol. The largest absolute Gasteiger partial charge is 0.502 e. The molecule has 0 aliphatic carbocycles. The van der Waals surface area contributed by atoms with E-state index in [0.29, 0.717) is 22.9 Å². The van der Waals surface area contributed by atoms with E-state index >= 15 is 0 Å². The summed E-state index contributed by atoms with van der Waals surface area (Å²) in [6.45, 7) is 0. The molecular formula is C20H16N2O5. The highest BCUT2D eigenvalue weighted by Gasteiger charge is 2.14. The van der Waals surface area contributed by atoms with E-state index in [1.54, 1.807) is 43.5 Å². The van der Waals surface area contributed by atoms with Crippen molar-refractivity contribution in [2.24, 2.45) is 4.99 Å². The highest BCUT2D eigenvalue weighted by atomic mass is 16.6. The average Bonchev–Trinajstić information content (AvgIpc) is 2.68. The maximum Gasteiger partial charge on any atom is 0.311 e. The Morgan fingerprint density at radius 2 is 1.70 bits per heavy atom. The first kappa shape index (κ1) is 17.9. The van der Waals surface area contributed by atoms with Crippen molar-refractivity contribution >= 4 is 17.6 Å². The van der Waals surface area contributed by atoms with Crippen LogP contribution in [0.1, 0.15) is 5.56 Å². The molecular weight excluding hydrogens is 348 g/mol. The van der Waals surface area contributed by atoms with Gasteiger partial charge < -0.3 is 14.6 Å². The third kappa shape index (κ3) is 4.40. The first-order valence-corrected chi connectivity index (χ1v) is 7.99. The first-order valence-electron chi connectivity index (χ1n) is 7.99. The number of aromatic hydroxyl groups is 1. The molecule has 0 bridgehead atoms. The Kier molecular flexibility index (Phi) is 5.32.